The lowest BCUT2D eigenvalue weighted by molar-refractivity contribution is -0.155. The molecule has 0 aromatic heterocycles. The van der Waals surface area contributed by atoms with Gasteiger partial charge in [0.15, 0.2) is 0 Å². The molecule has 1 aliphatic carbocycles. The van der Waals surface area contributed by atoms with E-state index in [1.165, 1.54) is 0 Å². The molecule has 0 heterocycles. The van der Waals surface area contributed by atoms with Crippen molar-refractivity contribution >= 4 is 12.5 Å². The normalized spacial score (nSPS) is 24.5. The van der Waals surface area contributed by atoms with Crippen LogP contribution in [0.1, 0.15) is 34.1 Å². The Labute approximate surface area is 125 Å². The number of carbonyl (C=O) groups excluding carboxylic acids is 2. The van der Waals surface area contributed by atoms with Gasteiger partial charge in [0, 0.05) is 5.41 Å². The van der Waals surface area contributed by atoms with Gasteiger partial charge in [-0.2, -0.15) is 0 Å². The second-order valence-electron chi connectivity index (χ2n) is 6.16. The number of carbonyl (C=O) groups is 2. The summed E-state index contributed by atoms with van der Waals surface area (Å²) in [5.41, 5.74) is -1.15. The average Bonchev–Trinajstić information content (AvgIpc) is 2.38. The van der Waals surface area contributed by atoms with Crippen molar-refractivity contribution in [3.05, 3.63) is 24.3 Å². The van der Waals surface area contributed by atoms with Crippen LogP contribution in [0.25, 0.3) is 0 Å². The maximum absolute atomic E-state index is 11.9. The summed E-state index contributed by atoms with van der Waals surface area (Å²) in [6.45, 7) is 7.40. The van der Waals surface area contributed by atoms with E-state index in [0.717, 1.165) is 0 Å². The fourth-order valence-electron chi connectivity index (χ4n) is 2.28. The topological polar surface area (TPSA) is 78.9 Å². The molecule has 1 aliphatic rings. The van der Waals surface area contributed by atoms with Gasteiger partial charge >= 0.3 is 6.09 Å². The van der Waals surface area contributed by atoms with Crippen molar-refractivity contribution in [3.8, 4) is 0 Å². The number of rotatable bonds is 5. The molecule has 6 heteroatoms. The van der Waals surface area contributed by atoms with Crippen LogP contribution in [0, 0.1) is 5.41 Å². The van der Waals surface area contributed by atoms with Gasteiger partial charge < -0.3 is 10.1 Å². The molecular formula is C15H24N2O4. The minimum Gasteiger partial charge on any atom is -0.444 e. The van der Waals surface area contributed by atoms with E-state index in [4.69, 9.17) is 4.74 Å². The molecule has 118 valence electrons. The van der Waals surface area contributed by atoms with Gasteiger partial charge in [0.1, 0.15) is 5.60 Å². The van der Waals surface area contributed by atoms with Crippen molar-refractivity contribution in [2.45, 2.75) is 45.8 Å². The molecule has 0 saturated heterocycles. The van der Waals surface area contributed by atoms with Gasteiger partial charge in [0.25, 0.3) is 0 Å². The molecule has 0 aromatic rings. The summed E-state index contributed by atoms with van der Waals surface area (Å²) >= 11 is 0. The lowest BCUT2D eigenvalue weighted by Gasteiger charge is -2.39. The number of hydrogen-bond donors (Lipinski definition) is 2. The van der Waals surface area contributed by atoms with Crippen LogP contribution in [0.2, 0.25) is 0 Å². The highest BCUT2D eigenvalue weighted by atomic mass is 16.6. The SMILES string of the molecule is CC[C@@]1(CN(O)C=O)C=CC=CC1NC(=O)OC(C)(C)C. The van der Waals surface area contributed by atoms with Gasteiger partial charge in [-0.15, -0.1) is 0 Å². The highest BCUT2D eigenvalue weighted by Gasteiger charge is 2.38. The summed E-state index contributed by atoms with van der Waals surface area (Å²) in [5.74, 6) is 0. The number of hydroxylamine groups is 2. The van der Waals surface area contributed by atoms with Gasteiger partial charge in [0.05, 0.1) is 12.6 Å². The zero-order valence-corrected chi connectivity index (χ0v) is 13.0. The highest BCUT2D eigenvalue weighted by molar-refractivity contribution is 5.69. The molecule has 2 atom stereocenters. The lowest BCUT2D eigenvalue weighted by atomic mass is 9.75. The Hall–Kier alpha value is -1.82. The number of hydrogen-bond acceptors (Lipinski definition) is 4. The number of nitrogens with one attached hydrogen (secondary N) is 1. The maximum atomic E-state index is 11.9. The number of allylic oxidation sites excluding steroid dienone is 2. The molecule has 0 fully saturated rings. The second-order valence-corrected chi connectivity index (χ2v) is 6.16. The van der Waals surface area contributed by atoms with Gasteiger partial charge in [0.2, 0.25) is 6.41 Å². The molecule has 0 radical (unpaired) electrons. The van der Waals surface area contributed by atoms with Crippen LogP contribution in [0.4, 0.5) is 4.79 Å². The van der Waals surface area contributed by atoms with E-state index >= 15 is 0 Å². The molecule has 0 saturated carbocycles. The van der Waals surface area contributed by atoms with Crippen LogP contribution in [0.15, 0.2) is 24.3 Å². The van der Waals surface area contributed by atoms with Crippen molar-refractivity contribution in [2.24, 2.45) is 5.41 Å². The van der Waals surface area contributed by atoms with Crippen LogP contribution >= 0.6 is 0 Å². The van der Waals surface area contributed by atoms with Gasteiger partial charge in [-0.05, 0) is 27.2 Å². The molecule has 2 N–H and O–H groups in total. The molecule has 0 aliphatic heterocycles. The Morgan fingerprint density at radius 2 is 2.14 bits per heavy atom. The number of nitrogens with zero attached hydrogens (tertiary/aromatic N) is 1. The Kier molecular flexibility index (Phi) is 5.54. The largest absolute Gasteiger partial charge is 0.444 e. The number of amides is 2. The van der Waals surface area contributed by atoms with E-state index in [2.05, 4.69) is 5.32 Å². The van der Waals surface area contributed by atoms with Crippen molar-refractivity contribution in [2.75, 3.05) is 6.54 Å². The lowest BCUT2D eigenvalue weighted by Crippen LogP contribution is -2.52. The van der Waals surface area contributed by atoms with Crippen LogP contribution in [-0.4, -0.2) is 41.0 Å². The minimum absolute atomic E-state index is 0.0916. The fourth-order valence-corrected chi connectivity index (χ4v) is 2.28. The standard InChI is InChI=1S/C15H24N2O4/c1-5-15(10-17(20)11-18)9-7-6-8-12(15)16-13(19)21-14(2,3)4/h6-9,11-12,20H,5,10H2,1-4H3,(H,16,19)/t12?,15-/m0/s1. The summed E-state index contributed by atoms with van der Waals surface area (Å²) < 4.78 is 5.26. The molecule has 1 unspecified atom stereocenters. The average molecular weight is 296 g/mol. The van der Waals surface area contributed by atoms with Gasteiger partial charge in [-0.3, -0.25) is 10.0 Å². The quantitative estimate of drug-likeness (QED) is 0.463. The fraction of sp³-hybridized carbons (Fsp3) is 0.600. The Balaban J connectivity index is 2.86. The zero-order valence-electron chi connectivity index (χ0n) is 13.0. The van der Waals surface area contributed by atoms with Crippen LogP contribution in [0.5, 0.6) is 0 Å². The van der Waals surface area contributed by atoms with Crippen LogP contribution in [0.3, 0.4) is 0 Å². The van der Waals surface area contributed by atoms with Crippen LogP contribution < -0.4 is 5.32 Å². The van der Waals surface area contributed by atoms with Gasteiger partial charge in [-0.1, -0.05) is 31.2 Å². The molecular weight excluding hydrogens is 272 g/mol. The van der Waals surface area contributed by atoms with E-state index in [1.54, 1.807) is 20.8 Å². The summed E-state index contributed by atoms with van der Waals surface area (Å²) in [4.78, 5) is 22.6. The Morgan fingerprint density at radius 1 is 1.48 bits per heavy atom. The maximum Gasteiger partial charge on any atom is 0.408 e. The predicted molar refractivity (Wildman–Crippen MR) is 78.7 cm³/mol. The van der Waals surface area contributed by atoms with Crippen molar-refractivity contribution in [3.63, 3.8) is 0 Å². The minimum atomic E-state index is -0.584. The zero-order chi connectivity index (χ0) is 16.1. The molecule has 0 bridgehead atoms. The van der Waals surface area contributed by atoms with E-state index in [9.17, 15) is 14.8 Å². The summed E-state index contributed by atoms with van der Waals surface area (Å²) in [5, 5.41) is 12.9. The van der Waals surface area contributed by atoms with E-state index < -0.39 is 17.1 Å². The summed E-state index contributed by atoms with van der Waals surface area (Å²) in [6, 6.07) is -0.364. The summed E-state index contributed by atoms with van der Waals surface area (Å²) in [6.07, 6.45) is 7.84. The monoisotopic (exact) mass is 296 g/mol. The molecule has 6 nitrogen and oxygen atoms in total. The third-order valence-corrected chi connectivity index (χ3v) is 3.37. The first-order valence-corrected chi connectivity index (χ1v) is 6.99. The molecule has 21 heavy (non-hydrogen) atoms. The van der Waals surface area contributed by atoms with Crippen molar-refractivity contribution < 1.29 is 19.5 Å². The summed E-state index contributed by atoms with van der Waals surface area (Å²) in [7, 11) is 0. The molecule has 0 spiro atoms. The molecule has 0 aromatic carbocycles. The van der Waals surface area contributed by atoms with Crippen molar-refractivity contribution in [1.29, 1.82) is 0 Å². The smallest absolute Gasteiger partial charge is 0.408 e. The predicted octanol–water partition coefficient (Wildman–Crippen LogP) is 2.25. The first-order valence-electron chi connectivity index (χ1n) is 6.99. The molecule has 2 amide bonds. The van der Waals surface area contributed by atoms with Gasteiger partial charge in [-0.25, -0.2) is 9.86 Å². The third kappa shape index (κ3) is 4.90. The van der Waals surface area contributed by atoms with E-state index in [1.807, 2.05) is 31.2 Å². The van der Waals surface area contributed by atoms with E-state index in [0.29, 0.717) is 17.9 Å². The second kappa shape index (κ2) is 6.76. The Morgan fingerprint density at radius 3 is 2.67 bits per heavy atom. The van der Waals surface area contributed by atoms with Crippen molar-refractivity contribution in [1.82, 2.24) is 10.4 Å². The highest BCUT2D eigenvalue weighted by Crippen LogP contribution is 2.33. The van der Waals surface area contributed by atoms with Crippen LogP contribution in [-0.2, 0) is 9.53 Å². The first kappa shape index (κ1) is 17.2. The molecule has 1 rings (SSSR count). The number of ether oxygens (including phenoxy) is 1. The number of alkyl carbamates (subject to hydrolysis) is 1. The van der Waals surface area contributed by atoms with E-state index in [-0.39, 0.29) is 12.6 Å². The Bertz CT molecular complexity index is 439. The third-order valence-electron chi connectivity index (χ3n) is 3.37. The first-order chi connectivity index (χ1) is 9.72.